The van der Waals surface area contributed by atoms with Crippen molar-refractivity contribution < 1.29 is 18.4 Å². The van der Waals surface area contributed by atoms with E-state index in [4.69, 9.17) is 19.8 Å². The second-order valence-electron chi connectivity index (χ2n) is 6.04. The zero-order valence-corrected chi connectivity index (χ0v) is 12.6. The summed E-state index contributed by atoms with van der Waals surface area (Å²) in [4.78, 5) is 0. The average Bonchev–Trinajstić information content (AvgIpc) is 2.57. The van der Waals surface area contributed by atoms with Gasteiger partial charge in [-0.05, 0) is 45.9 Å². The minimum Gasteiger partial charge on any atom is -0.496 e. The third kappa shape index (κ3) is 2.55. The molecular formula is C14H21BFNO3. The minimum atomic E-state index is -0.643. The second-order valence-corrected chi connectivity index (χ2v) is 6.04. The van der Waals surface area contributed by atoms with Gasteiger partial charge in [0.25, 0.3) is 0 Å². The van der Waals surface area contributed by atoms with Crippen LogP contribution in [-0.2, 0) is 9.31 Å². The Morgan fingerprint density at radius 1 is 1.20 bits per heavy atom. The van der Waals surface area contributed by atoms with Gasteiger partial charge in [0.15, 0.2) is 0 Å². The summed E-state index contributed by atoms with van der Waals surface area (Å²) in [6, 6.07) is 4.24. The van der Waals surface area contributed by atoms with Crippen LogP contribution in [0.2, 0.25) is 0 Å². The molecular weight excluding hydrogens is 260 g/mol. The third-order valence-corrected chi connectivity index (χ3v) is 4.12. The molecule has 0 aromatic heterocycles. The van der Waals surface area contributed by atoms with Crippen LogP contribution < -0.4 is 10.5 Å². The van der Waals surface area contributed by atoms with Crippen molar-refractivity contribution in [1.82, 2.24) is 0 Å². The first-order valence-electron chi connectivity index (χ1n) is 6.62. The number of ether oxygens (including phenoxy) is 1. The summed E-state index contributed by atoms with van der Waals surface area (Å²) < 4.78 is 30.5. The standard InChI is InChI=1S/C14H21BFNO3/c1-13(2)14(3,4)20-15(19-13)12(17)10-8-9(16)6-7-11(10)18-5/h6-8,12H,17H2,1-5H3/t12-/m0/s1. The Hall–Kier alpha value is -1.11. The van der Waals surface area contributed by atoms with Gasteiger partial charge in [0.1, 0.15) is 11.6 Å². The fraction of sp³-hybridized carbons (Fsp3) is 0.571. The molecule has 0 radical (unpaired) electrons. The molecule has 0 saturated carbocycles. The molecule has 1 heterocycles. The fourth-order valence-electron chi connectivity index (χ4n) is 2.15. The Morgan fingerprint density at radius 3 is 2.25 bits per heavy atom. The molecule has 1 aliphatic rings. The predicted octanol–water partition coefficient (Wildman–Crippen LogP) is 2.47. The van der Waals surface area contributed by atoms with Crippen molar-refractivity contribution in [3.8, 4) is 5.75 Å². The quantitative estimate of drug-likeness (QED) is 0.865. The first kappa shape index (κ1) is 15.3. The molecule has 2 N–H and O–H groups in total. The topological polar surface area (TPSA) is 53.7 Å². The van der Waals surface area contributed by atoms with Gasteiger partial charge in [-0.1, -0.05) is 0 Å². The van der Waals surface area contributed by atoms with Crippen LogP contribution in [0.4, 0.5) is 4.39 Å². The number of rotatable bonds is 3. The Labute approximate surface area is 119 Å². The molecule has 1 fully saturated rings. The van der Waals surface area contributed by atoms with Crippen LogP contribution in [0.25, 0.3) is 0 Å². The van der Waals surface area contributed by atoms with Crippen LogP contribution >= 0.6 is 0 Å². The van der Waals surface area contributed by atoms with Gasteiger partial charge in [0.2, 0.25) is 0 Å². The SMILES string of the molecule is COc1ccc(F)cc1[C@H](N)B1OC(C)(C)C(C)(C)O1. The largest absolute Gasteiger partial charge is 0.496 e. The van der Waals surface area contributed by atoms with Crippen molar-refractivity contribution >= 4 is 7.12 Å². The highest BCUT2D eigenvalue weighted by atomic mass is 19.1. The molecule has 20 heavy (non-hydrogen) atoms. The van der Waals surface area contributed by atoms with E-state index < -0.39 is 24.3 Å². The number of hydrogen-bond donors (Lipinski definition) is 1. The normalized spacial score (nSPS) is 21.9. The van der Waals surface area contributed by atoms with Crippen molar-refractivity contribution in [1.29, 1.82) is 0 Å². The molecule has 1 aliphatic heterocycles. The van der Waals surface area contributed by atoms with Crippen molar-refractivity contribution in [2.24, 2.45) is 5.73 Å². The zero-order chi connectivity index (χ0) is 15.1. The van der Waals surface area contributed by atoms with Gasteiger partial charge in [-0.25, -0.2) is 4.39 Å². The fourth-order valence-corrected chi connectivity index (χ4v) is 2.15. The van der Waals surface area contributed by atoms with Crippen molar-refractivity contribution in [2.45, 2.75) is 44.8 Å². The third-order valence-electron chi connectivity index (χ3n) is 4.12. The van der Waals surface area contributed by atoms with Crippen molar-refractivity contribution in [2.75, 3.05) is 7.11 Å². The van der Waals surface area contributed by atoms with E-state index in [9.17, 15) is 4.39 Å². The van der Waals surface area contributed by atoms with Gasteiger partial charge in [-0.2, -0.15) is 0 Å². The molecule has 6 heteroatoms. The lowest BCUT2D eigenvalue weighted by atomic mass is 9.74. The second kappa shape index (κ2) is 5.02. The van der Waals surface area contributed by atoms with Gasteiger partial charge in [0.05, 0.1) is 24.3 Å². The van der Waals surface area contributed by atoms with Crippen LogP contribution in [0.15, 0.2) is 18.2 Å². The summed E-state index contributed by atoms with van der Waals surface area (Å²) >= 11 is 0. The summed E-state index contributed by atoms with van der Waals surface area (Å²) in [5, 5.41) is 0. The highest BCUT2D eigenvalue weighted by molar-refractivity contribution is 6.47. The highest BCUT2D eigenvalue weighted by Gasteiger charge is 2.53. The van der Waals surface area contributed by atoms with E-state index in [-0.39, 0.29) is 5.82 Å². The molecule has 2 rings (SSSR count). The van der Waals surface area contributed by atoms with E-state index in [0.29, 0.717) is 11.3 Å². The molecule has 1 atom stereocenters. The van der Waals surface area contributed by atoms with E-state index in [1.165, 1.54) is 19.2 Å². The van der Waals surface area contributed by atoms with Crippen LogP contribution in [0.1, 0.15) is 39.2 Å². The number of hydrogen-bond acceptors (Lipinski definition) is 4. The lowest BCUT2D eigenvalue weighted by molar-refractivity contribution is 0.00578. The smallest absolute Gasteiger partial charge is 0.480 e. The van der Waals surface area contributed by atoms with E-state index in [1.807, 2.05) is 27.7 Å². The predicted molar refractivity (Wildman–Crippen MR) is 76.0 cm³/mol. The van der Waals surface area contributed by atoms with Crippen LogP contribution in [0.5, 0.6) is 5.75 Å². The maximum Gasteiger partial charge on any atom is 0.480 e. The average molecular weight is 281 g/mol. The molecule has 4 nitrogen and oxygen atoms in total. The summed E-state index contributed by atoms with van der Waals surface area (Å²) in [7, 11) is 0.879. The number of halogens is 1. The number of nitrogens with two attached hydrogens (primary N) is 1. The Bertz CT molecular complexity index is 491. The van der Waals surface area contributed by atoms with Crippen molar-refractivity contribution in [3.05, 3.63) is 29.6 Å². The van der Waals surface area contributed by atoms with Crippen LogP contribution in [0, 0.1) is 5.82 Å². The molecule has 110 valence electrons. The summed E-state index contributed by atoms with van der Waals surface area (Å²) in [5.74, 6) is -0.469. The Kier molecular flexibility index (Phi) is 3.84. The molecule has 0 bridgehead atoms. The molecule has 1 aromatic rings. The number of methoxy groups -OCH3 is 1. The van der Waals surface area contributed by atoms with E-state index in [2.05, 4.69) is 0 Å². The number of benzene rings is 1. The maximum absolute atomic E-state index is 13.4. The maximum atomic E-state index is 13.4. The van der Waals surface area contributed by atoms with E-state index in [0.717, 1.165) is 0 Å². The summed E-state index contributed by atoms with van der Waals surface area (Å²) in [6.07, 6.45) is 0. The summed E-state index contributed by atoms with van der Waals surface area (Å²) in [6.45, 7) is 7.79. The Morgan fingerprint density at radius 2 is 1.75 bits per heavy atom. The van der Waals surface area contributed by atoms with E-state index >= 15 is 0 Å². The molecule has 0 unspecified atom stereocenters. The molecule has 0 amide bonds. The monoisotopic (exact) mass is 281 g/mol. The minimum absolute atomic E-state index is 0.368. The molecule has 1 aromatic carbocycles. The van der Waals surface area contributed by atoms with Gasteiger partial charge >= 0.3 is 7.12 Å². The van der Waals surface area contributed by atoms with Gasteiger partial charge in [-0.3, -0.25) is 0 Å². The van der Waals surface area contributed by atoms with Gasteiger partial charge < -0.3 is 19.8 Å². The first-order chi connectivity index (χ1) is 9.18. The zero-order valence-electron chi connectivity index (χ0n) is 12.6. The lowest BCUT2D eigenvalue weighted by Gasteiger charge is -2.32. The van der Waals surface area contributed by atoms with Crippen LogP contribution in [0.3, 0.4) is 0 Å². The lowest BCUT2D eigenvalue weighted by Crippen LogP contribution is -2.41. The van der Waals surface area contributed by atoms with E-state index in [1.54, 1.807) is 6.07 Å². The van der Waals surface area contributed by atoms with Gasteiger partial charge in [0, 0.05) is 5.56 Å². The molecule has 0 spiro atoms. The first-order valence-corrected chi connectivity index (χ1v) is 6.62. The molecule has 1 saturated heterocycles. The van der Waals surface area contributed by atoms with Gasteiger partial charge in [-0.15, -0.1) is 0 Å². The summed E-state index contributed by atoms with van der Waals surface area (Å²) in [5.41, 5.74) is 5.77. The Balaban J connectivity index is 2.29. The van der Waals surface area contributed by atoms with Crippen LogP contribution in [-0.4, -0.2) is 25.4 Å². The van der Waals surface area contributed by atoms with Crippen molar-refractivity contribution in [3.63, 3.8) is 0 Å². The molecule has 0 aliphatic carbocycles. The highest BCUT2D eigenvalue weighted by Crippen LogP contribution is 2.40.